The highest BCUT2D eigenvalue weighted by Crippen LogP contribution is 2.20. The van der Waals surface area contributed by atoms with Crippen LogP contribution in [0, 0.1) is 0 Å². The zero-order valence-corrected chi connectivity index (χ0v) is 9.86. The van der Waals surface area contributed by atoms with Crippen molar-refractivity contribution in [1.82, 2.24) is 0 Å². The lowest BCUT2D eigenvalue weighted by atomic mass is 10.2. The number of unbranched alkanes of at least 4 members (excludes halogenated alkanes) is 1. The zero-order chi connectivity index (χ0) is 10.8. The molecule has 0 aliphatic carbocycles. The molecule has 0 aliphatic rings. The maximum absolute atomic E-state index is 10.4. The SMILES string of the molecule is CCCC.O=[PH](O)Cc1ccccc1. The van der Waals surface area contributed by atoms with E-state index in [1.54, 1.807) is 0 Å². The van der Waals surface area contributed by atoms with E-state index in [0.717, 1.165) is 5.56 Å². The van der Waals surface area contributed by atoms with Crippen molar-refractivity contribution in [3.63, 3.8) is 0 Å². The van der Waals surface area contributed by atoms with E-state index >= 15 is 0 Å². The van der Waals surface area contributed by atoms with E-state index in [1.807, 2.05) is 30.3 Å². The lowest BCUT2D eigenvalue weighted by molar-refractivity contribution is 0.502. The van der Waals surface area contributed by atoms with Gasteiger partial charge in [0.25, 0.3) is 0 Å². The van der Waals surface area contributed by atoms with Crippen molar-refractivity contribution in [2.75, 3.05) is 0 Å². The van der Waals surface area contributed by atoms with Gasteiger partial charge in [0, 0.05) is 6.16 Å². The monoisotopic (exact) mass is 214 g/mol. The number of hydrogen-bond donors (Lipinski definition) is 1. The Morgan fingerprint density at radius 2 is 1.64 bits per heavy atom. The predicted octanol–water partition coefficient (Wildman–Crippen LogP) is 3.46. The molecule has 0 aliphatic heterocycles. The third-order valence-corrected chi connectivity index (χ3v) is 2.41. The molecule has 0 heterocycles. The van der Waals surface area contributed by atoms with E-state index in [9.17, 15) is 4.57 Å². The molecule has 1 aromatic rings. The van der Waals surface area contributed by atoms with Gasteiger partial charge in [-0.1, -0.05) is 57.0 Å². The first-order chi connectivity index (χ1) is 6.70. The summed E-state index contributed by atoms with van der Waals surface area (Å²) < 4.78 is 10.4. The molecule has 0 spiro atoms. The maximum atomic E-state index is 10.4. The first-order valence-corrected chi connectivity index (χ1v) is 6.52. The highest BCUT2D eigenvalue weighted by molar-refractivity contribution is 7.37. The fourth-order valence-corrected chi connectivity index (χ4v) is 1.36. The van der Waals surface area contributed by atoms with Gasteiger partial charge in [-0.3, -0.25) is 4.57 Å². The minimum Gasteiger partial charge on any atom is -0.346 e. The molecule has 1 N–H and O–H groups in total. The van der Waals surface area contributed by atoms with Crippen LogP contribution in [-0.2, 0) is 10.7 Å². The van der Waals surface area contributed by atoms with E-state index < -0.39 is 8.03 Å². The van der Waals surface area contributed by atoms with Crippen LogP contribution in [0.5, 0.6) is 0 Å². The van der Waals surface area contributed by atoms with Crippen molar-refractivity contribution in [2.45, 2.75) is 32.9 Å². The van der Waals surface area contributed by atoms with Crippen LogP contribution in [0.1, 0.15) is 32.3 Å². The molecule has 0 bridgehead atoms. The van der Waals surface area contributed by atoms with Crippen molar-refractivity contribution in [3.8, 4) is 0 Å². The third-order valence-electron chi connectivity index (χ3n) is 1.70. The van der Waals surface area contributed by atoms with Crippen molar-refractivity contribution in [3.05, 3.63) is 35.9 Å². The van der Waals surface area contributed by atoms with Crippen molar-refractivity contribution in [2.24, 2.45) is 0 Å². The van der Waals surface area contributed by atoms with Crippen LogP contribution >= 0.6 is 8.03 Å². The summed E-state index contributed by atoms with van der Waals surface area (Å²) in [6.45, 7) is 4.36. The Morgan fingerprint density at radius 1 is 1.14 bits per heavy atom. The summed E-state index contributed by atoms with van der Waals surface area (Å²) in [4.78, 5) is 8.55. The topological polar surface area (TPSA) is 37.3 Å². The van der Waals surface area contributed by atoms with E-state index in [0.29, 0.717) is 6.16 Å². The second-order valence-electron chi connectivity index (χ2n) is 3.06. The maximum Gasteiger partial charge on any atom is 0.193 e. The third kappa shape index (κ3) is 8.03. The molecule has 0 amide bonds. The summed E-state index contributed by atoms with van der Waals surface area (Å²) in [7, 11) is -2.34. The normalized spacial score (nSPS) is 11.4. The van der Waals surface area contributed by atoms with Gasteiger partial charge in [-0.15, -0.1) is 0 Å². The molecule has 0 aromatic heterocycles. The summed E-state index contributed by atoms with van der Waals surface area (Å²) in [5, 5.41) is 0. The van der Waals surface area contributed by atoms with Gasteiger partial charge in [0.15, 0.2) is 8.03 Å². The predicted molar refractivity (Wildman–Crippen MR) is 61.9 cm³/mol. The molecule has 0 saturated heterocycles. The molecular weight excluding hydrogens is 195 g/mol. The number of hydrogen-bond acceptors (Lipinski definition) is 1. The summed E-state index contributed by atoms with van der Waals surface area (Å²) >= 11 is 0. The Kier molecular flexibility index (Phi) is 8.61. The van der Waals surface area contributed by atoms with Gasteiger partial charge in [-0.25, -0.2) is 0 Å². The molecule has 1 unspecified atom stereocenters. The number of benzene rings is 1. The Morgan fingerprint density at radius 3 is 2.00 bits per heavy atom. The second-order valence-corrected chi connectivity index (χ2v) is 4.20. The lowest BCUT2D eigenvalue weighted by Crippen LogP contribution is -1.75. The molecule has 1 atom stereocenters. The average molecular weight is 214 g/mol. The molecule has 1 aromatic carbocycles. The second kappa shape index (κ2) is 8.98. The summed E-state index contributed by atoms with van der Waals surface area (Å²) in [5.41, 5.74) is 0.925. The van der Waals surface area contributed by atoms with Crippen LogP contribution in [0.4, 0.5) is 0 Å². The van der Waals surface area contributed by atoms with Crippen LogP contribution in [0.15, 0.2) is 30.3 Å². The minimum absolute atomic E-state index is 0.297. The molecular formula is C11H19O2P. The van der Waals surface area contributed by atoms with Gasteiger partial charge in [-0.05, 0) is 5.56 Å². The van der Waals surface area contributed by atoms with Gasteiger partial charge >= 0.3 is 0 Å². The van der Waals surface area contributed by atoms with Gasteiger partial charge < -0.3 is 4.89 Å². The van der Waals surface area contributed by atoms with Crippen LogP contribution in [0.2, 0.25) is 0 Å². The van der Waals surface area contributed by atoms with Crippen molar-refractivity contribution in [1.29, 1.82) is 0 Å². The van der Waals surface area contributed by atoms with E-state index in [4.69, 9.17) is 4.89 Å². The van der Waals surface area contributed by atoms with Gasteiger partial charge in [0.1, 0.15) is 0 Å². The molecule has 3 heteroatoms. The average Bonchev–Trinajstić information content (AvgIpc) is 2.19. The molecule has 0 radical (unpaired) electrons. The van der Waals surface area contributed by atoms with Crippen LogP contribution in [-0.4, -0.2) is 4.89 Å². The molecule has 0 fully saturated rings. The fourth-order valence-electron chi connectivity index (χ4n) is 0.770. The highest BCUT2D eigenvalue weighted by Gasteiger charge is 1.93. The highest BCUT2D eigenvalue weighted by atomic mass is 31.1. The summed E-state index contributed by atoms with van der Waals surface area (Å²) in [5.74, 6) is 0. The van der Waals surface area contributed by atoms with Crippen molar-refractivity contribution >= 4 is 8.03 Å². The van der Waals surface area contributed by atoms with Crippen LogP contribution in [0.3, 0.4) is 0 Å². The molecule has 2 nitrogen and oxygen atoms in total. The lowest BCUT2D eigenvalue weighted by Gasteiger charge is -1.93. The Labute approximate surface area is 86.8 Å². The Balaban J connectivity index is 0.000000364. The first-order valence-electron chi connectivity index (χ1n) is 4.96. The van der Waals surface area contributed by atoms with E-state index in [-0.39, 0.29) is 0 Å². The Hall–Kier alpha value is -0.590. The van der Waals surface area contributed by atoms with Crippen molar-refractivity contribution < 1.29 is 9.46 Å². The standard InChI is InChI=1S/C7H9O2P.C4H10/c8-10(9)6-7-4-2-1-3-5-7;1-3-4-2/h1-5,10H,6H2,(H,8,9);3-4H2,1-2H3. The minimum atomic E-state index is -2.34. The zero-order valence-electron chi connectivity index (χ0n) is 8.86. The van der Waals surface area contributed by atoms with Crippen LogP contribution < -0.4 is 0 Å². The van der Waals surface area contributed by atoms with Gasteiger partial charge in [0.05, 0.1) is 0 Å². The van der Waals surface area contributed by atoms with Crippen LogP contribution in [0.25, 0.3) is 0 Å². The smallest absolute Gasteiger partial charge is 0.193 e. The molecule has 0 saturated carbocycles. The summed E-state index contributed by atoms with van der Waals surface area (Å²) in [6.07, 6.45) is 2.94. The quantitative estimate of drug-likeness (QED) is 0.782. The largest absolute Gasteiger partial charge is 0.346 e. The van der Waals surface area contributed by atoms with E-state index in [1.165, 1.54) is 12.8 Å². The Bertz CT molecular complexity index is 245. The molecule has 80 valence electrons. The molecule has 1 rings (SSSR count). The van der Waals surface area contributed by atoms with E-state index in [2.05, 4.69) is 13.8 Å². The molecule has 14 heavy (non-hydrogen) atoms. The fraction of sp³-hybridized carbons (Fsp3) is 0.455. The van der Waals surface area contributed by atoms with Gasteiger partial charge in [-0.2, -0.15) is 0 Å². The van der Waals surface area contributed by atoms with Gasteiger partial charge in [0.2, 0.25) is 0 Å². The first kappa shape index (κ1) is 13.4. The number of rotatable bonds is 3. The summed E-state index contributed by atoms with van der Waals surface area (Å²) in [6, 6.07) is 9.30.